The van der Waals surface area contributed by atoms with E-state index in [0.29, 0.717) is 34.9 Å². The maximum absolute atomic E-state index is 12.4. The van der Waals surface area contributed by atoms with E-state index < -0.39 is 24.6 Å². The summed E-state index contributed by atoms with van der Waals surface area (Å²) >= 11 is 1.25. The monoisotopic (exact) mass is 588 g/mol. The van der Waals surface area contributed by atoms with Gasteiger partial charge in [-0.1, -0.05) is 53.8 Å². The summed E-state index contributed by atoms with van der Waals surface area (Å²) in [6, 6.07) is 17.4. The molecule has 2 aromatic heterocycles. The molecule has 0 fully saturated rings. The largest absolute Gasteiger partial charge is 0.573 e. The number of ether oxygens (including phenoxy) is 1. The zero-order chi connectivity index (χ0) is 29.2. The number of nitrogens with zero attached hydrogens (tertiary/aromatic N) is 4. The summed E-state index contributed by atoms with van der Waals surface area (Å²) in [4.78, 5) is 12.3. The number of hydrogen-bond acceptors (Lipinski definition) is 10. The molecule has 14 heteroatoms. The van der Waals surface area contributed by atoms with Crippen molar-refractivity contribution < 1.29 is 32.9 Å². The molecule has 1 amide bonds. The minimum atomic E-state index is -4.79. The van der Waals surface area contributed by atoms with Crippen LogP contribution in [0.2, 0.25) is 0 Å². The number of carbonyl (C=O) groups is 1. The number of unbranched alkanes of at least 4 members (excludes halogenated alkanes) is 1. The predicted molar refractivity (Wildman–Crippen MR) is 145 cm³/mol. The Kier molecular flexibility index (Phi) is 10.2. The first kappa shape index (κ1) is 29.8. The maximum atomic E-state index is 12.4. The van der Waals surface area contributed by atoms with Crippen molar-refractivity contribution in [2.75, 3.05) is 10.6 Å². The average molecular weight is 589 g/mol. The third-order valence-corrected chi connectivity index (χ3v) is 6.63. The summed E-state index contributed by atoms with van der Waals surface area (Å²) in [7, 11) is 0. The van der Waals surface area contributed by atoms with Crippen LogP contribution in [0.3, 0.4) is 0 Å². The molecule has 2 heterocycles. The lowest BCUT2D eigenvalue weighted by molar-refractivity contribution is -0.274. The van der Waals surface area contributed by atoms with Crippen LogP contribution in [0.15, 0.2) is 66.7 Å². The van der Waals surface area contributed by atoms with E-state index in [-0.39, 0.29) is 12.2 Å². The van der Waals surface area contributed by atoms with Crippen LogP contribution in [0.1, 0.15) is 40.8 Å². The van der Waals surface area contributed by atoms with Crippen molar-refractivity contribution in [3.63, 3.8) is 0 Å². The van der Waals surface area contributed by atoms with E-state index >= 15 is 0 Å². The number of alkyl halides is 3. The van der Waals surface area contributed by atoms with Gasteiger partial charge in [0.25, 0.3) is 5.91 Å². The fraction of sp³-hybridized carbons (Fsp3) is 0.296. The molecule has 0 radical (unpaired) electrons. The third-order valence-electron chi connectivity index (χ3n) is 5.73. The number of aryl methyl sites for hydroxylation is 2. The van der Waals surface area contributed by atoms with E-state index in [4.69, 9.17) is 0 Å². The summed E-state index contributed by atoms with van der Waals surface area (Å²) < 4.78 is 41.1. The van der Waals surface area contributed by atoms with E-state index in [9.17, 15) is 28.2 Å². The van der Waals surface area contributed by atoms with Crippen molar-refractivity contribution in [1.29, 1.82) is 0 Å². The molecule has 2 aromatic carbocycles. The number of aromatic nitrogens is 4. The van der Waals surface area contributed by atoms with Gasteiger partial charge in [0.15, 0.2) is 11.9 Å². The zero-order valence-electron chi connectivity index (χ0n) is 21.6. The quantitative estimate of drug-likeness (QED) is 0.132. The fourth-order valence-electron chi connectivity index (χ4n) is 3.83. The number of aliphatic hydroxyl groups excluding tert-OH is 2. The summed E-state index contributed by atoms with van der Waals surface area (Å²) in [6.45, 7) is 0. The summed E-state index contributed by atoms with van der Waals surface area (Å²) in [5, 5.41) is 43.1. The van der Waals surface area contributed by atoms with Gasteiger partial charge in [0.1, 0.15) is 17.0 Å². The van der Waals surface area contributed by atoms with Crippen LogP contribution >= 0.6 is 11.3 Å². The lowest BCUT2D eigenvalue weighted by Crippen LogP contribution is -2.22. The molecule has 0 aliphatic rings. The summed E-state index contributed by atoms with van der Waals surface area (Å²) in [6.07, 6.45) is -4.24. The van der Waals surface area contributed by atoms with Crippen molar-refractivity contribution in [2.24, 2.45) is 0 Å². The highest BCUT2D eigenvalue weighted by molar-refractivity contribution is 7.15. The van der Waals surface area contributed by atoms with Gasteiger partial charge >= 0.3 is 6.36 Å². The molecule has 0 bridgehead atoms. The molecule has 0 saturated carbocycles. The Balaban J connectivity index is 1.16. The maximum Gasteiger partial charge on any atom is 0.573 e. The average Bonchev–Trinajstić information content (AvgIpc) is 3.38. The van der Waals surface area contributed by atoms with Crippen molar-refractivity contribution in [3.05, 3.63) is 88.6 Å². The highest BCUT2D eigenvalue weighted by Crippen LogP contribution is 2.24. The molecular weight excluding hydrogens is 561 g/mol. The van der Waals surface area contributed by atoms with Crippen LogP contribution in [-0.2, 0) is 24.1 Å². The van der Waals surface area contributed by atoms with Crippen LogP contribution in [0.5, 0.6) is 5.75 Å². The Bertz CT molecular complexity index is 1410. The van der Waals surface area contributed by atoms with Crippen molar-refractivity contribution in [3.8, 4) is 5.75 Å². The number of amides is 1. The van der Waals surface area contributed by atoms with Crippen LogP contribution in [0.25, 0.3) is 0 Å². The second-order valence-electron chi connectivity index (χ2n) is 8.98. The van der Waals surface area contributed by atoms with Crippen LogP contribution in [-0.4, -0.2) is 49.1 Å². The number of rotatable bonds is 13. The number of benzene rings is 2. The highest BCUT2D eigenvalue weighted by atomic mass is 32.1. The van der Waals surface area contributed by atoms with E-state index in [1.807, 2.05) is 0 Å². The molecule has 0 saturated heterocycles. The minimum absolute atomic E-state index is 0.0309. The van der Waals surface area contributed by atoms with Crippen molar-refractivity contribution >= 4 is 28.2 Å². The lowest BCUT2D eigenvalue weighted by Gasteiger charge is -2.14. The highest BCUT2D eigenvalue weighted by Gasteiger charge is 2.31. The molecule has 10 nitrogen and oxygen atoms in total. The van der Waals surface area contributed by atoms with Gasteiger partial charge < -0.3 is 20.3 Å². The Morgan fingerprint density at radius 3 is 2.44 bits per heavy atom. The van der Waals surface area contributed by atoms with Crippen molar-refractivity contribution in [1.82, 2.24) is 20.4 Å². The van der Waals surface area contributed by atoms with Gasteiger partial charge in [0, 0.05) is 12.8 Å². The molecule has 0 aliphatic heterocycles. The van der Waals surface area contributed by atoms with E-state index in [2.05, 4.69) is 35.8 Å². The first-order valence-electron chi connectivity index (χ1n) is 12.6. The number of carbonyl (C=O) groups excluding carboxylic acids is 1. The van der Waals surface area contributed by atoms with Gasteiger partial charge in [-0.3, -0.25) is 10.1 Å². The van der Waals surface area contributed by atoms with Crippen LogP contribution < -0.4 is 15.4 Å². The molecule has 0 aliphatic carbocycles. The van der Waals surface area contributed by atoms with E-state index in [0.717, 1.165) is 23.5 Å². The van der Waals surface area contributed by atoms with Gasteiger partial charge in [0.2, 0.25) is 5.13 Å². The molecule has 2 unspecified atom stereocenters. The van der Waals surface area contributed by atoms with Gasteiger partial charge in [-0.05, 0) is 54.7 Å². The van der Waals surface area contributed by atoms with E-state index in [1.165, 1.54) is 29.5 Å². The third kappa shape index (κ3) is 9.77. The molecule has 0 spiro atoms. The van der Waals surface area contributed by atoms with Gasteiger partial charge in [0.05, 0.1) is 5.69 Å². The second kappa shape index (κ2) is 14.0. The number of aliphatic hydroxyl groups is 2. The number of nitrogens with one attached hydrogen (secondary N) is 2. The smallest absolute Gasteiger partial charge is 0.406 e. The SMILES string of the molecule is O=C(Nc1nnc(CCCCc2ccc(NC(O)Cc3cccc(OC(F)(F)F)c3)nn2)s1)C(O)c1ccccc1. The van der Waals surface area contributed by atoms with Crippen LogP contribution in [0.4, 0.5) is 24.1 Å². The number of halogens is 3. The molecule has 41 heavy (non-hydrogen) atoms. The Hall–Kier alpha value is -4.14. The van der Waals surface area contributed by atoms with Gasteiger partial charge in [-0.2, -0.15) is 5.10 Å². The first-order chi connectivity index (χ1) is 19.6. The molecule has 4 aromatic rings. The molecular formula is C27H27F3N6O4S. The van der Waals surface area contributed by atoms with E-state index in [1.54, 1.807) is 48.5 Å². The Labute approximate surface area is 237 Å². The lowest BCUT2D eigenvalue weighted by atomic mass is 10.1. The standard InChI is InChI=1S/C27H27F3N6O4S/c28-27(29,30)40-20-11-6-7-17(15-20)16-22(37)31-21-14-13-19(33-34-21)10-4-5-12-23-35-36-26(41-23)32-25(39)24(38)18-8-2-1-3-9-18/h1-3,6-9,11,13-15,22,24,37-38H,4-5,10,12,16H2,(H,31,34)(H,32,36,39). The van der Waals surface area contributed by atoms with Gasteiger partial charge in [-0.15, -0.1) is 28.5 Å². The van der Waals surface area contributed by atoms with Crippen LogP contribution in [0, 0.1) is 0 Å². The number of anilines is 2. The first-order valence-corrected chi connectivity index (χ1v) is 13.4. The zero-order valence-corrected chi connectivity index (χ0v) is 22.4. The molecule has 216 valence electrons. The minimum Gasteiger partial charge on any atom is -0.406 e. The number of hydrogen-bond donors (Lipinski definition) is 4. The Morgan fingerprint density at radius 2 is 1.71 bits per heavy atom. The Morgan fingerprint density at radius 1 is 0.927 bits per heavy atom. The molecule has 4 rings (SSSR count). The topological polar surface area (TPSA) is 142 Å². The second-order valence-corrected chi connectivity index (χ2v) is 10.0. The fourth-order valence-corrected chi connectivity index (χ4v) is 4.62. The molecule has 4 N–H and O–H groups in total. The normalized spacial score (nSPS) is 12.9. The summed E-state index contributed by atoms with van der Waals surface area (Å²) in [5.41, 5.74) is 1.69. The summed E-state index contributed by atoms with van der Waals surface area (Å²) in [5.74, 6) is -0.610. The molecule has 2 atom stereocenters. The van der Waals surface area contributed by atoms with Gasteiger partial charge in [-0.25, -0.2) is 0 Å². The predicted octanol–water partition coefficient (Wildman–Crippen LogP) is 4.44. The van der Waals surface area contributed by atoms with Crippen molar-refractivity contribution in [2.45, 2.75) is 50.8 Å².